The smallest absolute Gasteiger partial charge is 0.163 e. The van der Waals surface area contributed by atoms with Crippen LogP contribution in [-0.2, 0) is 6.42 Å². The Hall–Kier alpha value is -2.03. The van der Waals surface area contributed by atoms with Crippen molar-refractivity contribution in [3.05, 3.63) is 65.7 Å². The minimum absolute atomic E-state index is 0.0600. The molecule has 2 rings (SSSR count). The van der Waals surface area contributed by atoms with Crippen LogP contribution in [0.4, 0.5) is 4.39 Å². The molecule has 0 unspecified atom stereocenters. The molecule has 1 aromatic heterocycles. The maximum absolute atomic E-state index is 12.9. The highest BCUT2D eigenvalue weighted by Gasteiger charge is 2.07. The first-order valence-electron chi connectivity index (χ1n) is 5.44. The summed E-state index contributed by atoms with van der Waals surface area (Å²) in [6.07, 6.45) is 2.62. The van der Waals surface area contributed by atoms with Gasteiger partial charge in [-0.2, -0.15) is 0 Å². The Morgan fingerprint density at radius 3 is 2.76 bits per heavy atom. The summed E-state index contributed by atoms with van der Waals surface area (Å²) < 4.78 is 12.9. The van der Waals surface area contributed by atoms with E-state index in [-0.39, 0.29) is 11.6 Å². The molecule has 0 N–H and O–H groups in total. The van der Waals surface area contributed by atoms with E-state index in [1.165, 1.54) is 12.1 Å². The molecule has 17 heavy (non-hydrogen) atoms. The summed E-state index contributed by atoms with van der Waals surface area (Å²) in [7, 11) is 0. The van der Waals surface area contributed by atoms with Gasteiger partial charge in [0.2, 0.25) is 0 Å². The number of ketones is 1. The predicted octanol–water partition coefficient (Wildman–Crippen LogP) is 3.04. The number of aromatic nitrogens is 1. The first-order valence-corrected chi connectivity index (χ1v) is 5.44. The molecule has 0 atom stereocenters. The molecule has 2 nitrogen and oxygen atoms in total. The van der Waals surface area contributed by atoms with Crippen molar-refractivity contribution in [1.82, 2.24) is 4.98 Å². The van der Waals surface area contributed by atoms with Gasteiger partial charge in [0.25, 0.3) is 0 Å². The number of aryl methyl sites for hydroxylation is 1. The van der Waals surface area contributed by atoms with E-state index in [0.29, 0.717) is 18.4 Å². The Labute approximate surface area is 99.1 Å². The standard InChI is InChI=1S/C14H12FNO/c15-12-5-3-4-11(10-12)14(17)8-7-13-6-1-2-9-16-13/h1-6,9-10H,7-8H2. The first-order chi connectivity index (χ1) is 8.25. The number of carbonyl (C=O) groups excluding carboxylic acids is 1. The van der Waals surface area contributed by atoms with E-state index in [2.05, 4.69) is 4.98 Å². The number of benzene rings is 1. The maximum atomic E-state index is 12.9. The number of halogens is 1. The first kappa shape index (κ1) is 11.5. The molecule has 0 saturated carbocycles. The molecule has 1 aromatic carbocycles. The van der Waals surface area contributed by atoms with Crippen molar-refractivity contribution in [3.63, 3.8) is 0 Å². The zero-order chi connectivity index (χ0) is 12.1. The van der Waals surface area contributed by atoms with E-state index in [0.717, 1.165) is 5.69 Å². The van der Waals surface area contributed by atoms with Crippen LogP contribution in [0, 0.1) is 5.82 Å². The number of Topliss-reactive ketones (excluding diaryl/α,β-unsaturated/α-hetero) is 1. The van der Waals surface area contributed by atoms with Gasteiger partial charge in [-0.1, -0.05) is 18.2 Å². The van der Waals surface area contributed by atoms with Crippen LogP contribution in [0.2, 0.25) is 0 Å². The zero-order valence-corrected chi connectivity index (χ0v) is 9.27. The van der Waals surface area contributed by atoms with Crippen molar-refractivity contribution < 1.29 is 9.18 Å². The van der Waals surface area contributed by atoms with E-state index in [1.807, 2.05) is 18.2 Å². The molecule has 0 bridgehead atoms. The Bertz CT molecular complexity index is 511. The molecule has 0 aliphatic carbocycles. The second kappa shape index (κ2) is 5.34. The number of pyridine rings is 1. The fraction of sp³-hybridized carbons (Fsp3) is 0.143. The van der Waals surface area contributed by atoms with Crippen LogP contribution in [0.15, 0.2) is 48.7 Å². The van der Waals surface area contributed by atoms with Gasteiger partial charge >= 0.3 is 0 Å². The average Bonchev–Trinajstić information content (AvgIpc) is 2.37. The number of hydrogen-bond donors (Lipinski definition) is 0. The van der Waals surface area contributed by atoms with E-state index >= 15 is 0 Å². The monoisotopic (exact) mass is 229 g/mol. The van der Waals surface area contributed by atoms with Gasteiger partial charge in [-0.15, -0.1) is 0 Å². The van der Waals surface area contributed by atoms with Gasteiger partial charge in [0.1, 0.15) is 5.82 Å². The lowest BCUT2D eigenvalue weighted by Gasteiger charge is -2.01. The van der Waals surface area contributed by atoms with Gasteiger partial charge in [-0.3, -0.25) is 9.78 Å². The summed E-state index contributed by atoms with van der Waals surface area (Å²) in [5.41, 5.74) is 1.29. The molecule has 3 heteroatoms. The zero-order valence-electron chi connectivity index (χ0n) is 9.27. The van der Waals surface area contributed by atoms with Crippen molar-refractivity contribution in [3.8, 4) is 0 Å². The number of carbonyl (C=O) groups is 1. The Morgan fingerprint density at radius 1 is 1.18 bits per heavy atom. The molecular formula is C14H12FNO. The van der Waals surface area contributed by atoms with Crippen LogP contribution in [0.1, 0.15) is 22.5 Å². The van der Waals surface area contributed by atoms with Crippen LogP contribution in [0.25, 0.3) is 0 Å². The lowest BCUT2D eigenvalue weighted by molar-refractivity contribution is 0.0982. The van der Waals surface area contributed by atoms with E-state index < -0.39 is 0 Å². The molecule has 2 aromatic rings. The molecule has 0 fully saturated rings. The van der Waals surface area contributed by atoms with Crippen LogP contribution < -0.4 is 0 Å². The van der Waals surface area contributed by atoms with Crippen molar-refractivity contribution in [2.75, 3.05) is 0 Å². The third kappa shape index (κ3) is 3.21. The van der Waals surface area contributed by atoms with E-state index in [9.17, 15) is 9.18 Å². The fourth-order valence-electron chi connectivity index (χ4n) is 1.59. The number of rotatable bonds is 4. The predicted molar refractivity (Wildman–Crippen MR) is 63.3 cm³/mol. The van der Waals surface area contributed by atoms with Crippen LogP contribution >= 0.6 is 0 Å². The third-order valence-electron chi connectivity index (χ3n) is 2.48. The summed E-state index contributed by atoms with van der Waals surface area (Å²) >= 11 is 0. The van der Waals surface area contributed by atoms with Crippen LogP contribution in [-0.4, -0.2) is 10.8 Å². The summed E-state index contributed by atoms with van der Waals surface area (Å²) in [5, 5.41) is 0. The van der Waals surface area contributed by atoms with E-state index in [4.69, 9.17) is 0 Å². The lowest BCUT2D eigenvalue weighted by Crippen LogP contribution is -2.02. The molecule has 0 spiro atoms. The quantitative estimate of drug-likeness (QED) is 0.754. The molecule has 0 aliphatic heterocycles. The topological polar surface area (TPSA) is 30.0 Å². The van der Waals surface area contributed by atoms with Gasteiger partial charge in [-0.25, -0.2) is 4.39 Å². The minimum Gasteiger partial charge on any atom is -0.294 e. The largest absolute Gasteiger partial charge is 0.294 e. The number of nitrogens with zero attached hydrogens (tertiary/aromatic N) is 1. The highest BCUT2D eigenvalue weighted by Crippen LogP contribution is 2.08. The summed E-state index contributed by atoms with van der Waals surface area (Å²) in [6.45, 7) is 0. The third-order valence-corrected chi connectivity index (χ3v) is 2.48. The van der Waals surface area contributed by atoms with Gasteiger partial charge in [0.05, 0.1) is 0 Å². The second-order valence-corrected chi connectivity index (χ2v) is 3.75. The molecule has 0 saturated heterocycles. The van der Waals surface area contributed by atoms with E-state index in [1.54, 1.807) is 18.3 Å². The average molecular weight is 229 g/mol. The molecule has 1 heterocycles. The number of hydrogen-bond acceptors (Lipinski definition) is 2. The van der Waals surface area contributed by atoms with Crippen LogP contribution in [0.3, 0.4) is 0 Å². The van der Waals surface area contributed by atoms with Gasteiger partial charge in [0.15, 0.2) is 5.78 Å². The van der Waals surface area contributed by atoms with Crippen molar-refractivity contribution in [1.29, 1.82) is 0 Å². The molecule has 0 aliphatic rings. The molecule has 86 valence electrons. The van der Waals surface area contributed by atoms with Gasteiger partial charge in [-0.05, 0) is 30.7 Å². The van der Waals surface area contributed by atoms with Crippen molar-refractivity contribution in [2.24, 2.45) is 0 Å². The maximum Gasteiger partial charge on any atom is 0.163 e. The normalized spacial score (nSPS) is 10.2. The summed E-state index contributed by atoms with van der Waals surface area (Å²) in [5.74, 6) is -0.441. The summed E-state index contributed by atoms with van der Waals surface area (Å²) in [4.78, 5) is 15.9. The SMILES string of the molecule is O=C(CCc1ccccn1)c1cccc(F)c1. The highest BCUT2D eigenvalue weighted by atomic mass is 19.1. The fourth-order valence-corrected chi connectivity index (χ4v) is 1.59. The second-order valence-electron chi connectivity index (χ2n) is 3.75. The molecular weight excluding hydrogens is 217 g/mol. The Morgan fingerprint density at radius 2 is 2.06 bits per heavy atom. The molecule has 0 radical (unpaired) electrons. The Kier molecular flexibility index (Phi) is 3.60. The summed E-state index contributed by atoms with van der Waals surface area (Å²) in [6, 6.07) is 11.4. The van der Waals surface area contributed by atoms with Crippen LogP contribution in [0.5, 0.6) is 0 Å². The van der Waals surface area contributed by atoms with Crippen molar-refractivity contribution in [2.45, 2.75) is 12.8 Å². The van der Waals surface area contributed by atoms with Gasteiger partial charge in [0, 0.05) is 23.9 Å². The highest BCUT2D eigenvalue weighted by molar-refractivity contribution is 5.96. The van der Waals surface area contributed by atoms with Crippen molar-refractivity contribution >= 4 is 5.78 Å². The Balaban J connectivity index is 1.98. The lowest BCUT2D eigenvalue weighted by atomic mass is 10.1. The minimum atomic E-state index is -0.381. The van der Waals surface area contributed by atoms with Gasteiger partial charge < -0.3 is 0 Å². The molecule has 0 amide bonds.